The summed E-state index contributed by atoms with van der Waals surface area (Å²) in [7, 11) is 0. The highest BCUT2D eigenvalue weighted by Gasteiger charge is 2.33. The van der Waals surface area contributed by atoms with Gasteiger partial charge in [-0.2, -0.15) is 0 Å². The van der Waals surface area contributed by atoms with Crippen LogP contribution in [-0.4, -0.2) is 87.6 Å². The normalized spacial score (nSPS) is 14.7. The van der Waals surface area contributed by atoms with Crippen LogP contribution in [0.3, 0.4) is 0 Å². The van der Waals surface area contributed by atoms with Crippen LogP contribution in [-0.2, 0) is 28.8 Å². The van der Waals surface area contributed by atoms with Gasteiger partial charge in [0.1, 0.15) is 18.1 Å². The first-order chi connectivity index (χ1) is 17.2. The third-order valence-electron chi connectivity index (χ3n) is 5.36. The van der Waals surface area contributed by atoms with E-state index in [1.165, 1.54) is 0 Å². The van der Waals surface area contributed by atoms with Crippen LogP contribution in [0.1, 0.15) is 52.4 Å². The number of hydrogen-bond acceptors (Lipinski definition) is 8. The second-order valence-corrected chi connectivity index (χ2v) is 8.42. The van der Waals surface area contributed by atoms with Gasteiger partial charge in [-0.1, -0.05) is 20.3 Å². The molecule has 5 unspecified atom stereocenters. The second kappa shape index (κ2) is 16.7. The van der Waals surface area contributed by atoms with Crippen molar-refractivity contribution in [2.45, 2.75) is 76.5 Å². The Balaban J connectivity index is 5.61. The van der Waals surface area contributed by atoms with Gasteiger partial charge in [0.15, 0.2) is 5.96 Å². The van der Waals surface area contributed by atoms with E-state index in [0.29, 0.717) is 6.42 Å². The van der Waals surface area contributed by atoms with Crippen molar-refractivity contribution in [3.05, 3.63) is 0 Å². The first-order valence-electron chi connectivity index (χ1n) is 11.6. The van der Waals surface area contributed by atoms with Crippen LogP contribution in [0.4, 0.5) is 0 Å². The van der Waals surface area contributed by atoms with Crippen molar-refractivity contribution in [3.8, 4) is 0 Å². The molecule has 0 aliphatic carbocycles. The number of guanidine groups is 1. The standard InChI is InChI=1S/C21H37N7O9/c1-3-10(2)16(28-17(33)11(22)9-15(31)32)19(35)26-12(6-7-14(29)30)18(34)27-13(20(36)37)5-4-8-25-21(23)24/h10-13,16H,3-9,22H2,1-2H3,(H,26,35)(H,27,34)(H,28,33)(H,29,30)(H,31,32)(H,36,37)(H4,23,24,25). The van der Waals surface area contributed by atoms with Crippen molar-refractivity contribution in [2.75, 3.05) is 6.54 Å². The number of hydrogen-bond donors (Lipinski definition) is 9. The Kier molecular flexibility index (Phi) is 14.9. The fourth-order valence-corrected chi connectivity index (χ4v) is 3.07. The van der Waals surface area contributed by atoms with Crippen LogP contribution in [0.5, 0.6) is 0 Å². The molecule has 210 valence electrons. The Morgan fingerprint density at radius 1 is 0.838 bits per heavy atom. The van der Waals surface area contributed by atoms with Crippen LogP contribution >= 0.6 is 0 Å². The molecule has 0 aromatic rings. The average molecular weight is 532 g/mol. The molecular formula is C21H37N7O9. The molecule has 0 fully saturated rings. The molecule has 5 atom stereocenters. The van der Waals surface area contributed by atoms with E-state index < -0.39 is 78.6 Å². The summed E-state index contributed by atoms with van der Waals surface area (Å²) in [6.07, 6.45) is -1.01. The van der Waals surface area contributed by atoms with Gasteiger partial charge in [0, 0.05) is 13.0 Å². The molecule has 12 N–H and O–H groups in total. The van der Waals surface area contributed by atoms with E-state index in [2.05, 4.69) is 20.9 Å². The van der Waals surface area contributed by atoms with Gasteiger partial charge < -0.3 is 48.5 Å². The molecule has 37 heavy (non-hydrogen) atoms. The molecule has 0 heterocycles. The summed E-state index contributed by atoms with van der Waals surface area (Å²) in [4.78, 5) is 75.4. The fraction of sp³-hybridized carbons (Fsp3) is 0.667. The van der Waals surface area contributed by atoms with Gasteiger partial charge in [0.2, 0.25) is 17.7 Å². The summed E-state index contributed by atoms with van der Waals surface area (Å²) in [6.45, 7) is 3.46. The quantitative estimate of drug-likeness (QED) is 0.0495. The van der Waals surface area contributed by atoms with E-state index in [9.17, 15) is 33.9 Å². The summed E-state index contributed by atoms with van der Waals surface area (Å²) in [5, 5.41) is 34.3. The molecule has 0 aromatic carbocycles. The Bertz CT molecular complexity index is 861. The number of rotatable bonds is 18. The lowest BCUT2D eigenvalue weighted by atomic mass is 9.97. The second-order valence-electron chi connectivity index (χ2n) is 8.42. The molecule has 0 spiro atoms. The smallest absolute Gasteiger partial charge is 0.326 e. The number of aliphatic carboxylic acids is 3. The van der Waals surface area contributed by atoms with Crippen LogP contribution in [0, 0.1) is 5.92 Å². The van der Waals surface area contributed by atoms with E-state index in [1.54, 1.807) is 13.8 Å². The molecule has 0 bridgehead atoms. The molecule has 0 radical (unpaired) electrons. The molecule has 0 aliphatic heterocycles. The third kappa shape index (κ3) is 13.6. The summed E-state index contributed by atoms with van der Waals surface area (Å²) in [5.41, 5.74) is 16.0. The van der Waals surface area contributed by atoms with Crippen LogP contribution in [0.25, 0.3) is 0 Å². The molecule has 0 aliphatic rings. The Morgan fingerprint density at radius 2 is 1.43 bits per heavy atom. The lowest BCUT2D eigenvalue weighted by Crippen LogP contribution is -2.58. The van der Waals surface area contributed by atoms with Crippen molar-refractivity contribution in [1.82, 2.24) is 16.0 Å². The molecule has 3 amide bonds. The fourth-order valence-electron chi connectivity index (χ4n) is 3.07. The number of aliphatic imine (C=N–C) groups is 1. The van der Waals surface area contributed by atoms with Crippen molar-refractivity contribution >= 4 is 41.6 Å². The minimum atomic E-state index is -1.45. The largest absolute Gasteiger partial charge is 0.481 e. The molecule has 0 rings (SSSR count). The minimum absolute atomic E-state index is 0.0511. The number of amides is 3. The van der Waals surface area contributed by atoms with Gasteiger partial charge in [-0.25, -0.2) is 4.79 Å². The number of carboxylic acids is 3. The Morgan fingerprint density at radius 3 is 1.92 bits per heavy atom. The maximum absolute atomic E-state index is 13.0. The highest BCUT2D eigenvalue weighted by Crippen LogP contribution is 2.11. The number of carbonyl (C=O) groups excluding carboxylic acids is 3. The van der Waals surface area contributed by atoms with E-state index in [-0.39, 0.29) is 31.8 Å². The number of carbonyl (C=O) groups is 6. The minimum Gasteiger partial charge on any atom is -0.481 e. The number of nitrogens with two attached hydrogens (primary N) is 3. The van der Waals surface area contributed by atoms with Crippen molar-refractivity contribution in [1.29, 1.82) is 0 Å². The predicted octanol–water partition coefficient (Wildman–Crippen LogP) is -2.71. The summed E-state index contributed by atoms with van der Waals surface area (Å²) < 4.78 is 0. The summed E-state index contributed by atoms with van der Waals surface area (Å²) >= 11 is 0. The van der Waals surface area contributed by atoms with E-state index in [1.807, 2.05) is 0 Å². The lowest BCUT2D eigenvalue weighted by Gasteiger charge is -2.27. The van der Waals surface area contributed by atoms with Crippen molar-refractivity contribution in [2.24, 2.45) is 28.1 Å². The zero-order valence-corrected chi connectivity index (χ0v) is 20.8. The molecule has 16 heteroatoms. The van der Waals surface area contributed by atoms with E-state index in [4.69, 9.17) is 27.4 Å². The van der Waals surface area contributed by atoms with Gasteiger partial charge in [0.05, 0.1) is 12.5 Å². The predicted molar refractivity (Wildman–Crippen MR) is 130 cm³/mol. The average Bonchev–Trinajstić information content (AvgIpc) is 2.79. The van der Waals surface area contributed by atoms with Crippen LogP contribution < -0.4 is 33.2 Å². The zero-order chi connectivity index (χ0) is 28.7. The molecule has 0 saturated heterocycles. The van der Waals surface area contributed by atoms with Crippen LogP contribution in [0.2, 0.25) is 0 Å². The molecular weight excluding hydrogens is 494 g/mol. The first kappa shape index (κ1) is 33.0. The Labute approximate surface area is 213 Å². The van der Waals surface area contributed by atoms with Gasteiger partial charge in [-0.15, -0.1) is 0 Å². The van der Waals surface area contributed by atoms with Crippen molar-refractivity contribution in [3.63, 3.8) is 0 Å². The highest BCUT2D eigenvalue weighted by molar-refractivity contribution is 5.95. The zero-order valence-electron chi connectivity index (χ0n) is 20.8. The van der Waals surface area contributed by atoms with Gasteiger partial charge in [-0.05, 0) is 25.2 Å². The molecule has 0 saturated carbocycles. The number of carboxylic acid groups (broad SMARTS) is 3. The number of nitrogens with one attached hydrogen (secondary N) is 3. The maximum atomic E-state index is 13.0. The first-order valence-corrected chi connectivity index (χ1v) is 11.6. The Hall–Kier alpha value is -3.95. The number of nitrogens with zero attached hydrogens (tertiary/aromatic N) is 1. The monoisotopic (exact) mass is 531 g/mol. The molecule has 16 nitrogen and oxygen atoms in total. The topological polar surface area (TPSA) is 290 Å². The van der Waals surface area contributed by atoms with E-state index >= 15 is 0 Å². The van der Waals surface area contributed by atoms with E-state index in [0.717, 1.165) is 0 Å². The van der Waals surface area contributed by atoms with Gasteiger partial charge >= 0.3 is 17.9 Å². The third-order valence-corrected chi connectivity index (χ3v) is 5.36. The van der Waals surface area contributed by atoms with Crippen molar-refractivity contribution < 1.29 is 44.1 Å². The van der Waals surface area contributed by atoms with Gasteiger partial charge in [-0.3, -0.25) is 29.0 Å². The maximum Gasteiger partial charge on any atom is 0.326 e. The summed E-state index contributed by atoms with van der Waals surface area (Å²) in [5.74, 6) is -7.30. The lowest BCUT2D eigenvalue weighted by molar-refractivity contribution is -0.143. The van der Waals surface area contributed by atoms with Gasteiger partial charge in [0.25, 0.3) is 0 Å². The summed E-state index contributed by atoms with van der Waals surface area (Å²) in [6, 6.07) is -5.48. The SMILES string of the molecule is CCC(C)C(NC(=O)C(N)CC(=O)O)C(=O)NC(CCC(=O)O)C(=O)NC(CCCN=C(N)N)C(=O)O. The van der Waals surface area contributed by atoms with Crippen LogP contribution in [0.15, 0.2) is 4.99 Å². The molecule has 0 aromatic heterocycles. The highest BCUT2D eigenvalue weighted by atomic mass is 16.4.